The number of fused-ring (bicyclic) bond motifs is 1. The Morgan fingerprint density at radius 3 is 2.64 bits per heavy atom. The van der Waals surface area contributed by atoms with Gasteiger partial charge >= 0.3 is 5.97 Å². The van der Waals surface area contributed by atoms with Crippen molar-refractivity contribution < 1.29 is 23.5 Å². The van der Waals surface area contributed by atoms with E-state index in [0.29, 0.717) is 12.0 Å². The molecule has 1 aliphatic heterocycles. The average Bonchev–Trinajstić information content (AvgIpc) is 3.42. The van der Waals surface area contributed by atoms with Gasteiger partial charge in [-0.25, -0.2) is 9.78 Å². The molecule has 1 amide bonds. The number of aromatic nitrogens is 4. The molecular weight excluding hydrogens is 482 g/mol. The van der Waals surface area contributed by atoms with Crippen LogP contribution in [-0.2, 0) is 18.7 Å². The van der Waals surface area contributed by atoms with Crippen molar-refractivity contribution in [3.05, 3.63) is 52.6 Å². The molecule has 36 heavy (non-hydrogen) atoms. The summed E-state index contributed by atoms with van der Waals surface area (Å²) in [6.45, 7) is 9.93. The molecule has 11 nitrogen and oxygen atoms in total. The van der Waals surface area contributed by atoms with Crippen molar-refractivity contribution in [3.8, 4) is 0 Å². The van der Waals surface area contributed by atoms with Crippen molar-refractivity contribution in [2.45, 2.75) is 58.3 Å². The Labute approximate surface area is 209 Å². The summed E-state index contributed by atoms with van der Waals surface area (Å²) < 4.78 is 19.8. The van der Waals surface area contributed by atoms with Crippen molar-refractivity contribution in [3.63, 3.8) is 0 Å². The molecular formula is C24H31N5O6Si. The van der Waals surface area contributed by atoms with E-state index in [1.54, 1.807) is 42.7 Å². The molecule has 4 rings (SSSR count). The van der Waals surface area contributed by atoms with Gasteiger partial charge in [-0.3, -0.25) is 24.5 Å². The monoisotopic (exact) mass is 513 g/mol. The van der Waals surface area contributed by atoms with Crippen molar-refractivity contribution >= 4 is 37.3 Å². The maximum Gasteiger partial charge on any atom is 0.338 e. The third kappa shape index (κ3) is 5.89. The fourth-order valence-corrected chi connectivity index (χ4v) is 4.38. The molecule has 192 valence electrons. The number of amides is 1. The SMILES string of the molecule is CC(C)C(=O)Nc1nc2c(ncn2[C@H]2C[C@H](OC(=O)c3ccccc3)[C@@H](CO[Si](C)(C)C)O2)c(=O)[nH]1. The highest BCUT2D eigenvalue weighted by atomic mass is 28.4. The molecule has 3 atom stereocenters. The summed E-state index contributed by atoms with van der Waals surface area (Å²) >= 11 is 0. The number of hydrogen-bond donors (Lipinski definition) is 2. The number of ether oxygens (including phenoxy) is 2. The molecule has 0 radical (unpaired) electrons. The minimum atomic E-state index is -1.87. The molecule has 0 spiro atoms. The van der Waals surface area contributed by atoms with Crippen LogP contribution in [0.2, 0.25) is 19.6 Å². The van der Waals surface area contributed by atoms with Gasteiger partial charge in [0.1, 0.15) is 18.4 Å². The van der Waals surface area contributed by atoms with Gasteiger partial charge in [-0.1, -0.05) is 32.0 Å². The van der Waals surface area contributed by atoms with E-state index in [2.05, 4.69) is 39.9 Å². The van der Waals surface area contributed by atoms with Crippen LogP contribution < -0.4 is 10.9 Å². The summed E-state index contributed by atoms with van der Waals surface area (Å²) in [6, 6.07) is 8.75. The Kier molecular flexibility index (Phi) is 7.38. The topological polar surface area (TPSA) is 137 Å². The van der Waals surface area contributed by atoms with E-state index in [-0.39, 0.29) is 35.5 Å². The molecule has 1 fully saturated rings. The van der Waals surface area contributed by atoms with E-state index in [1.165, 1.54) is 6.33 Å². The van der Waals surface area contributed by atoms with Crippen LogP contribution in [-0.4, -0.2) is 58.5 Å². The molecule has 0 unspecified atom stereocenters. The number of nitrogens with one attached hydrogen (secondary N) is 2. The molecule has 3 heterocycles. The first kappa shape index (κ1) is 25.7. The third-order valence-electron chi connectivity index (χ3n) is 5.64. The molecule has 1 aliphatic rings. The Morgan fingerprint density at radius 1 is 1.25 bits per heavy atom. The Balaban J connectivity index is 1.61. The van der Waals surface area contributed by atoms with Gasteiger partial charge in [-0.2, -0.15) is 4.98 Å². The maximum absolute atomic E-state index is 12.8. The van der Waals surface area contributed by atoms with Crippen LogP contribution in [0.4, 0.5) is 5.95 Å². The number of carbonyl (C=O) groups excluding carboxylic acids is 2. The van der Waals surface area contributed by atoms with Gasteiger partial charge in [0.25, 0.3) is 5.56 Å². The Hall–Kier alpha value is -3.35. The highest BCUT2D eigenvalue weighted by molar-refractivity contribution is 6.69. The van der Waals surface area contributed by atoms with E-state index in [4.69, 9.17) is 13.9 Å². The van der Waals surface area contributed by atoms with E-state index in [1.807, 2.05) is 6.07 Å². The normalized spacial score (nSPS) is 20.1. The molecule has 12 heteroatoms. The number of hydrogen-bond acceptors (Lipinski definition) is 8. The van der Waals surface area contributed by atoms with Crippen LogP contribution >= 0.6 is 0 Å². The lowest BCUT2D eigenvalue weighted by molar-refractivity contribution is -0.118. The first-order chi connectivity index (χ1) is 17.0. The molecule has 0 aliphatic carbocycles. The first-order valence-electron chi connectivity index (χ1n) is 11.8. The fraction of sp³-hybridized carbons (Fsp3) is 0.458. The summed E-state index contributed by atoms with van der Waals surface area (Å²) in [5, 5.41) is 2.61. The number of H-pyrrole nitrogens is 1. The lowest BCUT2D eigenvalue weighted by Gasteiger charge is -2.24. The second-order valence-corrected chi connectivity index (χ2v) is 14.5. The summed E-state index contributed by atoms with van der Waals surface area (Å²) in [4.78, 5) is 48.6. The molecule has 1 saturated heterocycles. The van der Waals surface area contributed by atoms with Gasteiger partial charge in [-0.15, -0.1) is 0 Å². The zero-order valence-corrected chi connectivity index (χ0v) is 22.0. The molecule has 3 aromatic rings. The van der Waals surface area contributed by atoms with Gasteiger partial charge < -0.3 is 13.9 Å². The average molecular weight is 514 g/mol. The van der Waals surface area contributed by atoms with Gasteiger partial charge in [0.2, 0.25) is 11.9 Å². The minimum Gasteiger partial charge on any atom is -0.456 e. The number of carbonyl (C=O) groups is 2. The van der Waals surface area contributed by atoms with Crippen molar-refractivity contribution in [2.24, 2.45) is 5.92 Å². The lowest BCUT2D eigenvalue weighted by atomic mass is 10.1. The van der Waals surface area contributed by atoms with Crippen LogP contribution in [0.3, 0.4) is 0 Å². The van der Waals surface area contributed by atoms with Gasteiger partial charge in [-0.05, 0) is 31.8 Å². The van der Waals surface area contributed by atoms with Gasteiger partial charge in [0.15, 0.2) is 19.5 Å². The number of benzene rings is 1. The maximum atomic E-state index is 12.8. The largest absolute Gasteiger partial charge is 0.456 e. The second-order valence-electron chi connectivity index (χ2n) is 9.98. The number of imidazole rings is 1. The predicted octanol–water partition coefficient (Wildman–Crippen LogP) is 3.08. The molecule has 0 bridgehead atoms. The summed E-state index contributed by atoms with van der Waals surface area (Å²) in [5.41, 5.74) is 0.322. The summed E-state index contributed by atoms with van der Waals surface area (Å²) in [6.07, 6.45) is 0.0596. The van der Waals surface area contributed by atoms with Crippen molar-refractivity contribution in [2.75, 3.05) is 11.9 Å². The minimum absolute atomic E-state index is 0.0246. The molecule has 1 aromatic carbocycles. The standard InChI is InChI=1S/C24H31N5O6Si/c1-14(2)21(30)27-24-26-20-19(22(31)28-24)25-13-29(20)18-11-16(17(34-18)12-33-36(3,4)5)35-23(32)15-9-7-6-8-10-15/h6-10,13-14,16-18H,11-12H2,1-5H3,(H2,26,27,28,30,31)/t16-,17+,18+/m0/s1. The number of rotatable bonds is 8. The summed E-state index contributed by atoms with van der Waals surface area (Å²) in [5.74, 6) is -0.999. The zero-order chi connectivity index (χ0) is 26.0. The van der Waals surface area contributed by atoms with Gasteiger partial charge in [0.05, 0.1) is 18.5 Å². The Morgan fingerprint density at radius 2 is 1.97 bits per heavy atom. The van der Waals surface area contributed by atoms with E-state index < -0.39 is 38.3 Å². The fourth-order valence-electron chi connectivity index (χ4n) is 3.71. The van der Waals surface area contributed by atoms with E-state index in [0.717, 1.165) is 0 Å². The number of nitrogens with zero attached hydrogens (tertiary/aromatic N) is 3. The van der Waals surface area contributed by atoms with Crippen LogP contribution in [0.5, 0.6) is 0 Å². The lowest BCUT2D eigenvalue weighted by Crippen LogP contribution is -2.36. The van der Waals surface area contributed by atoms with Crippen LogP contribution in [0.25, 0.3) is 11.2 Å². The van der Waals surface area contributed by atoms with Gasteiger partial charge in [0, 0.05) is 12.3 Å². The van der Waals surface area contributed by atoms with Crippen molar-refractivity contribution in [1.29, 1.82) is 0 Å². The van der Waals surface area contributed by atoms with E-state index >= 15 is 0 Å². The second kappa shape index (κ2) is 10.3. The van der Waals surface area contributed by atoms with Crippen LogP contribution in [0.1, 0.15) is 36.9 Å². The predicted molar refractivity (Wildman–Crippen MR) is 135 cm³/mol. The van der Waals surface area contributed by atoms with Crippen LogP contribution in [0, 0.1) is 5.92 Å². The van der Waals surface area contributed by atoms with E-state index in [9.17, 15) is 14.4 Å². The van der Waals surface area contributed by atoms with Crippen LogP contribution in [0.15, 0.2) is 41.5 Å². The number of esters is 1. The smallest absolute Gasteiger partial charge is 0.338 e. The number of anilines is 1. The van der Waals surface area contributed by atoms with Crippen molar-refractivity contribution in [1.82, 2.24) is 19.5 Å². The zero-order valence-electron chi connectivity index (χ0n) is 21.0. The Bertz CT molecular complexity index is 1300. The highest BCUT2D eigenvalue weighted by Gasteiger charge is 2.40. The summed E-state index contributed by atoms with van der Waals surface area (Å²) in [7, 11) is -1.87. The molecule has 2 aromatic heterocycles. The number of aromatic amines is 1. The third-order valence-corrected chi connectivity index (χ3v) is 6.67. The molecule has 0 saturated carbocycles. The first-order valence-corrected chi connectivity index (χ1v) is 15.3. The highest BCUT2D eigenvalue weighted by Crippen LogP contribution is 2.33. The molecule has 2 N–H and O–H groups in total. The quantitative estimate of drug-likeness (QED) is 0.346.